The topological polar surface area (TPSA) is 118 Å². The number of amides is 1. The van der Waals surface area contributed by atoms with Crippen molar-refractivity contribution in [2.24, 2.45) is 0 Å². The van der Waals surface area contributed by atoms with E-state index in [-0.39, 0.29) is 11.6 Å². The summed E-state index contributed by atoms with van der Waals surface area (Å²) in [5.74, 6) is -0.799. The molecule has 1 aromatic rings. The van der Waals surface area contributed by atoms with E-state index in [1.807, 2.05) is 0 Å². The van der Waals surface area contributed by atoms with Crippen LogP contribution in [0.1, 0.15) is 17.5 Å². The fourth-order valence-corrected chi connectivity index (χ4v) is 2.03. The molecule has 0 aliphatic carbocycles. The highest BCUT2D eigenvalue weighted by Gasteiger charge is 2.16. The van der Waals surface area contributed by atoms with E-state index in [9.17, 15) is 13.2 Å². The molecule has 9 heteroatoms. The van der Waals surface area contributed by atoms with Crippen molar-refractivity contribution in [3.05, 3.63) is 5.82 Å². The Morgan fingerprint density at radius 3 is 2.73 bits per heavy atom. The summed E-state index contributed by atoms with van der Waals surface area (Å²) < 4.78 is 21.8. The number of aromatic nitrogens is 4. The number of carbonyl (C=O) groups excluding carboxylic acids is 1. The predicted molar refractivity (Wildman–Crippen MR) is 50.8 cm³/mol. The molecular weight excluding hydrogens is 222 g/mol. The zero-order valence-corrected chi connectivity index (χ0v) is 9.08. The van der Waals surface area contributed by atoms with Gasteiger partial charge in [0.2, 0.25) is 0 Å². The summed E-state index contributed by atoms with van der Waals surface area (Å²) in [5, 5.41) is 14.7. The Bertz CT molecular complexity index is 426. The van der Waals surface area contributed by atoms with E-state index in [0.29, 0.717) is 0 Å². The van der Waals surface area contributed by atoms with Gasteiger partial charge in [0.25, 0.3) is 11.7 Å². The maximum absolute atomic E-state index is 11.3. The molecule has 2 N–H and O–H groups in total. The summed E-state index contributed by atoms with van der Waals surface area (Å²) in [5.41, 5.74) is 0. The van der Waals surface area contributed by atoms with Crippen LogP contribution >= 0.6 is 0 Å². The van der Waals surface area contributed by atoms with Crippen molar-refractivity contribution < 1.29 is 13.2 Å². The lowest BCUT2D eigenvalue weighted by Gasteiger charge is -2.10. The largest absolute Gasteiger partial charge is 0.346 e. The fourth-order valence-electron chi connectivity index (χ4n) is 1.04. The van der Waals surface area contributed by atoms with Crippen molar-refractivity contribution >= 4 is 15.7 Å². The van der Waals surface area contributed by atoms with Crippen LogP contribution < -0.4 is 5.32 Å². The van der Waals surface area contributed by atoms with Crippen LogP contribution in [0.15, 0.2) is 0 Å². The molecule has 0 radical (unpaired) electrons. The molecule has 0 spiro atoms. The number of aromatic amines is 1. The molecule has 0 aromatic carbocycles. The van der Waals surface area contributed by atoms with E-state index in [1.165, 1.54) is 0 Å². The van der Waals surface area contributed by atoms with Gasteiger partial charge in [-0.05, 0) is 12.1 Å². The molecule has 1 atom stereocenters. The Hall–Kier alpha value is -1.51. The maximum Gasteiger partial charge on any atom is 0.293 e. The number of rotatable bonds is 4. The van der Waals surface area contributed by atoms with Crippen molar-refractivity contribution in [1.29, 1.82) is 0 Å². The third-order valence-corrected chi connectivity index (χ3v) is 2.58. The summed E-state index contributed by atoms with van der Waals surface area (Å²) >= 11 is 0. The number of nitrogens with one attached hydrogen (secondary N) is 2. The van der Waals surface area contributed by atoms with Crippen LogP contribution in [0, 0.1) is 0 Å². The molecule has 1 heterocycles. The predicted octanol–water partition coefficient (Wildman–Crippen LogP) is -1.64. The lowest BCUT2D eigenvalue weighted by molar-refractivity contribution is 0.0933. The first-order chi connectivity index (χ1) is 6.88. The molecule has 0 aliphatic rings. The molecular formula is C6H11N5O3S. The van der Waals surface area contributed by atoms with Gasteiger partial charge in [-0.3, -0.25) is 4.79 Å². The fraction of sp³-hybridized carbons (Fsp3) is 0.667. The summed E-state index contributed by atoms with van der Waals surface area (Å²) in [4.78, 5) is 11.3. The average Bonchev–Trinajstić information content (AvgIpc) is 2.50. The first kappa shape index (κ1) is 11.6. The number of hydrogen-bond donors (Lipinski definition) is 2. The van der Waals surface area contributed by atoms with E-state index in [4.69, 9.17) is 0 Å². The standard InChI is InChI=1S/C6H11N5O3S/c1-4(3-15(2,13)14)7-6(12)5-8-10-11-9-5/h4H,3H2,1-2H3,(H,7,12)(H,8,9,10,11). The van der Waals surface area contributed by atoms with Crippen LogP contribution in [0.4, 0.5) is 0 Å². The highest BCUT2D eigenvalue weighted by molar-refractivity contribution is 7.90. The number of nitrogens with zero attached hydrogens (tertiary/aromatic N) is 3. The molecule has 1 rings (SSSR count). The monoisotopic (exact) mass is 233 g/mol. The van der Waals surface area contributed by atoms with E-state index < -0.39 is 21.8 Å². The minimum atomic E-state index is -3.12. The van der Waals surface area contributed by atoms with Crippen LogP contribution in [0.3, 0.4) is 0 Å². The number of sulfone groups is 1. The molecule has 8 nitrogen and oxygen atoms in total. The Morgan fingerprint density at radius 1 is 1.60 bits per heavy atom. The van der Waals surface area contributed by atoms with Crippen molar-refractivity contribution in [2.75, 3.05) is 12.0 Å². The van der Waals surface area contributed by atoms with Gasteiger partial charge >= 0.3 is 0 Å². The minimum Gasteiger partial charge on any atom is -0.346 e. The van der Waals surface area contributed by atoms with E-state index in [1.54, 1.807) is 6.92 Å². The second kappa shape index (κ2) is 4.34. The summed E-state index contributed by atoms with van der Waals surface area (Å²) in [6, 6.07) is -0.494. The summed E-state index contributed by atoms with van der Waals surface area (Å²) in [7, 11) is -3.12. The number of tetrazole rings is 1. The second-order valence-electron chi connectivity index (χ2n) is 3.20. The van der Waals surface area contributed by atoms with Gasteiger partial charge in [-0.2, -0.15) is 5.21 Å². The molecule has 0 saturated carbocycles. The van der Waals surface area contributed by atoms with E-state index >= 15 is 0 Å². The van der Waals surface area contributed by atoms with E-state index in [0.717, 1.165) is 6.26 Å². The van der Waals surface area contributed by atoms with Crippen LogP contribution in [0.5, 0.6) is 0 Å². The SMILES string of the molecule is CC(CS(C)(=O)=O)NC(=O)c1nn[nH]n1. The zero-order chi connectivity index (χ0) is 11.5. The zero-order valence-electron chi connectivity index (χ0n) is 8.26. The molecule has 0 saturated heterocycles. The van der Waals surface area contributed by atoms with Gasteiger partial charge in [0.15, 0.2) is 0 Å². The van der Waals surface area contributed by atoms with Crippen LogP contribution in [0.25, 0.3) is 0 Å². The van der Waals surface area contributed by atoms with Crippen LogP contribution in [0.2, 0.25) is 0 Å². The first-order valence-electron chi connectivity index (χ1n) is 4.10. The molecule has 1 aromatic heterocycles. The molecule has 1 unspecified atom stereocenters. The van der Waals surface area contributed by atoms with Crippen molar-refractivity contribution in [3.63, 3.8) is 0 Å². The van der Waals surface area contributed by atoms with Gasteiger partial charge in [0.05, 0.1) is 5.75 Å². The van der Waals surface area contributed by atoms with Crippen molar-refractivity contribution in [2.45, 2.75) is 13.0 Å². The first-order valence-corrected chi connectivity index (χ1v) is 6.16. The van der Waals surface area contributed by atoms with Gasteiger partial charge < -0.3 is 5.32 Å². The number of hydrogen-bond acceptors (Lipinski definition) is 6. The summed E-state index contributed by atoms with van der Waals surface area (Å²) in [6.07, 6.45) is 1.10. The van der Waals surface area contributed by atoms with Crippen LogP contribution in [-0.2, 0) is 9.84 Å². The van der Waals surface area contributed by atoms with Gasteiger partial charge in [-0.25, -0.2) is 8.42 Å². The van der Waals surface area contributed by atoms with Crippen molar-refractivity contribution in [1.82, 2.24) is 25.9 Å². The molecule has 84 valence electrons. The van der Waals surface area contributed by atoms with Gasteiger partial charge in [0, 0.05) is 12.3 Å². The minimum absolute atomic E-state index is 0.115. The molecule has 1 amide bonds. The Kier molecular flexibility index (Phi) is 3.35. The van der Waals surface area contributed by atoms with Gasteiger partial charge in [0.1, 0.15) is 9.84 Å². The lowest BCUT2D eigenvalue weighted by atomic mass is 10.4. The third-order valence-electron chi connectivity index (χ3n) is 1.48. The number of carbonyl (C=O) groups is 1. The molecule has 0 aliphatic heterocycles. The lowest BCUT2D eigenvalue weighted by Crippen LogP contribution is -2.37. The van der Waals surface area contributed by atoms with Gasteiger partial charge in [-0.15, -0.1) is 10.2 Å². The average molecular weight is 233 g/mol. The summed E-state index contributed by atoms with van der Waals surface area (Å²) in [6.45, 7) is 1.58. The number of H-pyrrole nitrogens is 1. The Balaban J connectivity index is 2.53. The normalized spacial score (nSPS) is 13.5. The van der Waals surface area contributed by atoms with E-state index in [2.05, 4.69) is 25.9 Å². The quantitative estimate of drug-likeness (QED) is 0.644. The molecule has 0 bridgehead atoms. The second-order valence-corrected chi connectivity index (χ2v) is 5.39. The van der Waals surface area contributed by atoms with Crippen LogP contribution in [-0.4, -0.2) is 53.0 Å². The molecule has 0 fully saturated rings. The maximum atomic E-state index is 11.3. The van der Waals surface area contributed by atoms with Gasteiger partial charge in [-0.1, -0.05) is 0 Å². The molecule has 15 heavy (non-hydrogen) atoms. The highest BCUT2D eigenvalue weighted by atomic mass is 32.2. The Morgan fingerprint density at radius 2 is 2.27 bits per heavy atom. The third kappa shape index (κ3) is 4.02. The smallest absolute Gasteiger partial charge is 0.293 e. The van der Waals surface area contributed by atoms with Crippen molar-refractivity contribution in [3.8, 4) is 0 Å². The highest BCUT2D eigenvalue weighted by Crippen LogP contribution is 1.92. The Labute approximate surface area is 86.4 Å².